The lowest BCUT2D eigenvalue weighted by atomic mass is 10.2. The van der Waals surface area contributed by atoms with Crippen molar-refractivity contribution in [1.29, 1.82) is 0 Å². The minimum Gasteiger partial charge on any atom is -0.365 e. The van der Waals surface area contributed by atoms with Crippen molar-refractivity contribution in [3.63, 3.8) is 0 Å². The summed E-state index contributed by atoms with van der Waals surface area (Å²) in [4.78, 5) is 3.17. The summed E-state index contributed by atoms with van der Waals surface area (Å²) in [6.45, 7) is 3.76. The van der Waals surface area contributed by atoms with Crippen molar-refractivity contribution in [3.05, 3.63) is 24.0 Å². The zero-order valence-electron chi connectivity index (χ0n) is 7.51. The van der Waals surface area contributed by atoms with Gasteiger partial charge in [-0.3, -0.25) is 0 Å². The highest BCUT2D eigenvalue weighted by Gasteiger charge is 2.01. The van der Waals surface area contributed by atoms with E-state index in [1.54, 1.807) is 0 Å². The van der Waals surface area contributed by atoms with E-state index in [1.165, 1.54) is 5.69 Å². The van der Waals surface area contributed by atoms with Gasteiger partial charge in [0.05, 0.1) is 0 Å². The number of aromatic nitrogens is 1. The van der Waals surface area contributed by atoms with Crippen LogP contribution in [-0.4, -0.2) is 24.1 Å². The lowest BCUT2D eigenvalue weighted by Crippen LogP contribution is -2.32. The summed E-state index contributed by atoms with van der Waals surface area (Å²) in [7, 11) is 0. The maximum atomic E-state index is 5.38. The van der Waals surface area contributed by atoms with Crippen LogP contribution in [0.1, 0.15) is 12.6 Å². The molecule has 1 unspecified atom stereocenters. The Balaban J connectivity index is 2.22. The quantitative estimate of drug-likeness (QED) is 0.598. The molecule has 0 bridgehead atoms. The maximum absolute atomic E-state index is 5.38. The first kappa shape index (κ1) is 9.29. The number of aromatic amines is 1. The molecule has 1 aromatic heterocycles. The molecule has 0 saturated carbocycles. The molecule has 68 valence electrons. The van der Waals surface area contributed by atoms with Crippen LogP contribution in [0.2, 0.25) is 0 Å². The van der Waals surface area contributed by atoms with Crippen LogP contribution in [0.4, 0.5) is 0 Å². The zero-order chi connectivity index (χ0) is 8.81. The van der Waals surface area contributed by atoms with E-state index in [-0.39, 0.29) is 0 Å². The number of hydrogen-bond donors (Lipinski definition) is 3. The van der Waals surface area contributed by atoms with E-state index in [1.807, 2.05) is 12.3 Å². The molecule has 0 spiro atoms. The molecule has 0 aliphatic rings. The van der Waals surface area contributed by atoms with Gasteiger partial charge in [-0.25, -0.2) is 0 Å². The standard InChI is InChI=1S/C9H17N3/c1-8(11-6-4-10)7-9-3-2-5-12-9/h2-3,5,8,11-12H,4,6-7,10H2,1H3. The smallest absolute Gasteiger partial charge is 0.0162 e. The fourth-order valence-electron chi connectivity index (χ4n) is 1.23. The van der Waals surface area contributed by atoms with Gasteiger partial charge in [0.25, 0.3) is 0 Å². The molecule has 0 saturated heterocycles. The van der Waals surface area contributed by atoms with Crippen molar-refractivity contribution in [2.45, 2.75) is 19.4 Å². The van der Waals surface area contributed by atoms with E-state index in [0.717, 1.165) is 13.0 Å². The summed E-state index contributed by atoms with van der Waals surface area (Å²) >= 11 is 0. The highest BCUT2D eigenvalue weighted by atomic mass is 14.9. The normalized spacial score (nSPS) is 13.2. The van der Waals surface area contributed by atoms with Gasteiger partial charge in [-0.1, -0.05) is 0 Å². The van der Waals surface area contributed by atoms with Crippen LogP contribution in [0.5, 0.6) is 0 Å². The van der Waals surface area contributed by atoms with Gasteiger partial charge in [-0.15, -0.1) is 0 Å². The molecule has 0 amide bonds. The van der Waals surface area contributed by atoms with E-state index < -0.39 is 0 Å². The molecule has 0 fully saturated rings. The predicted molar refractivity (Wildman–Crippen MR) is 51.0 cm³/mol. The monoisotopic (exact) mass is 167 g/mol. The molecule has 1 aromatic rings. The Bertz CT molecular complexity index is 194. The first-order valence-corrected chi connectivity index (χ1v) is 4.38. The first-order valence-electron chi connectivity index (χ1n) is 4.38. The Labute approximate surface area is 73.4 Å². The molecule has 1 atom stereocenters. The van der Waals surface area contributed by atoms with Crippen molar-refractivity contribution in [1.82, 2.24) is 10.3 Å². The van der Waals surface area contributed by atoms with E-state index in [9.17, 15) is 0 Å². The first-order chi connectivity index (χ1) is 5.83. The van der Waals surface area contributed by atoms with Crippen molar-refractivity contribution >= 4 is 0 Å². The Morgan fingerprint density at radius 2 is 2.50 bits per heavy atom. The number of rotatable bonds is 5. The molecule has 0 aliphatic heterocycles. The van der Waals surface area contributed by atoms with E-state index in [0.29, 0.717) is 12.6 Å². The van der Waals surface area contributed by atoms with Crippen LogP contribution in [0.25, 0.3) is 0 Å². The summed E-state index contributed by atoms with van der Waals surface area (Å²) in [6, 6.07) is 4.61. The number of nitrogens with one attached hydrogen (secondary N) is 2. The fraction of sp³-hybridized carbons (Fsp3) is 0.556. The van der Waals surface area contributed by atoms with E-state index in [2.05, 4.69) is 23.3 Å². The Morgan fingerprint density at radius 1 is 1.67 bits per heavy atom. The van der Waals surface area contributed by atoms with Crippen molar-refractivity contribution in [2.75, 3.05) is 13.1 Å². The largest absolute Gasteiger partial charge is 0.365 e. The van der Waals surface area contributed by atoms with Crippen LogP contribution in [0, 0.1) is 0 Å². The predicted octanol–water partition coefficient (Wildman–Crippen LogP) is 0.494. The Morgan fingerprint density at radius 3 is 3.08 bits per heavy atom. The average molecular weight is 167 g/mol. The second-order valence-electron chi connectivity index (χ2n) is 3.04. The van der Waals surface area contributed by atoms with Gasteiger partial charge in [-0.2, -0.15) is 0 Å². The van der Waals surface area contributed by atoms with Gasteiger partial charge in [0.2, 0.25) is 0 Å². The summed E-state index contributed by atoms with van der Waals surface area (Å²) in [5.74, 6) is 0. The molecule has 1 rings (SSSR count). The van der Waals surface area contributed by atoms with Crippen LogP contribution in [0.15, 0.2) is 18.3 Å². The number of H-pyrrole nitrogens is 1. The van der Waals surface area contributed by atoms with Crippen molar-refractivity contribution in [3.8, 4) is 0 Å². The molecule has 0 aromatic carbocycles. The van der Waals surface area contributed by atoms with Crippen molar-refractivity contribution < 1.29 is 0 Å². The Kier molecular flexibility index (Phi) is 3.84. The second-order valence-corrected chi connectivity index (χ2v) is 3.04. The summed E-state index contributed by atoms with van der Waals surface area (Å²) in [5, 5.41) is 3.33. The third-order valence-corrected chi connectivity index (χ3v) is 1.83. The van der Waals surface area contributed by atoms with E-state index >= 15 is 0 Å². The minimum atomic E-state index is 0.493. The molecule has 3 nitrogen and oxygen atoms in total. The fourth-order valence-corrected chi connectivity index (χ4v) is 1.23. The second kappa shape index (κ2) is 4.95. The molecular weight excluding hydrogens is 150 g/mol. The minimum absolute atomic E-state index is 0.493. The van der Waals surface area contributed by atoms with Crippen molar-refractivity contribution in [2.24, 2.45) is 5.73 Å². The SMILES string of the molecule is CC(Cc1ccc[nH]1)NCCN. The molecular formula is C9H17N3. The third-order valence-electron chi connectivity index (χ3n) is 1.83. The molecule has 1 heterocycles. The summed E-state index contributed by atoms with van der Waals surface area (Å²) < 4.78 is 0. The van der Waals surface area contributed by atoms with Crippen LogP contribution < -0.4 is 11.1 Å². The highest BCUT2D eigenvalue weighted by Crippen LogP contribution is 1.98. The van der Waals surface area contributed by atoms with Crippen LogP contribution in [0.3, 0.4) is 0 Å². The molecule has 4 N–H and O–H groups in total. The summed E-state index contributed by atoms with van der Waals surface area (Å²) in [6.07, 6.45) is 2.98. The third kappa shape index (κ3) is 3.07. The average Bonchev–Trinajstić information content (AvgIpc) is 2.53. The lowest BCUT2D eigenvalue weighted by Gasteiger charge is -2.11. The van der Waals surface area contributed by atoms with Crippen LogP contribution in [-0.2, 0) is 6.42 Å². The lowest BCUT2D eigenvalue weighted by molar-refractivity contribution is 0.549. The maximum Gasteiger partial charge on any atom is 0.0162 e. The van der Waals surface area contributed by atoms with Gasteiger partial charge in [-0.05, 0) is 19.1 Å². The zero-order valence-corrected chi connectivity index (χ0v) is 7.51. The number of hydrogen-bond acceptors (Lipinski definition) is 2. The van der Waals surface area contributed by atoms with Gasteiger partial charge < -0.3 is 16.0 Å². The number of nitrogens with two attached hydrogens (primary N) is 1. The molecule has 3 heteroatoms. The van der Waals surface area contributed by atoms with Gasteiger partial charge in [0.1, 0.15) is 0 Å². The van der Waals surface area contributed by atoms with Gasteiger partial charge >= 0.3 is 0 Å². The van der Waals surface area contributed by atoms with Gasteiger partial charge in [0.15, 0.2) is 0 Å². The molecule has 12 heavy (non-hydrogen) atoms. The topological polar surface area (TPSA) is 53.8 Å². The molecule has 0 radical (unpaired) electrons. The molecule has 0 aliphatic carbocycles. The Hall–Kier alpha value is -0.800. The highest BCUT2D eigenvalue weighted by molar-refractivity contribution is 5.04. The summed E-state index contributed by atoms with van der Waals surface area (Å²) in [5.41, 5.74) is 6.65. The van der Waals surface area contributed by atoms with E-state index in [4.69, 9.17) is 5.73 Å². The van der Waals surface area contributed by atoms with Gasteiger partial charge in [0, 0.05) is 37.4 Å². The van der Waals surface area contributed by atoms with Crippen LogP contribution >= 0.6 is 0 Å².